The van der Waals surface area contributed by atoms with Crippen molar-refractivity contribution in [3.05, 3.63) is 77.9 Å². The second-order valence-electron chi connectivity index (χ2n) is 7.59. The Bertz CT molecular complexity index is 1380. The van der Waals surface area contributed by atoms with E-state index in [0.717, 1.165) is 0 Å². The summed E-state index contributed by atoms with van der Waals surface area (Å²) in [6.07, 6.45) is -0.968. The highest BCUT2D eigenvalue weighted by atomic mass is 32.2. The van der Waals surface area contributed by atoms with E-state index in [0.29, 0.717) is 22.8 Å². The third-order valence-electron chi connectivity index (χ3n) is 5.19. The second-order valence-corrected chi connectivity index (χ2v) is 9.24. The fourth-order valence-electron chi connectivity index (χ4n) is 3.38. The minimum absolute atomic E-state index is 0.0275. The van der Waals surface area contributed by atoms with Gasteiger partial charge in [0, 0.05) is 5.56 Å². The number of hydrogen-bond acceptors (Lipinski definition) is 7. The molecule has 0 bridgehead atoms. The van der Waals surface area contributed by atoms with Crippen LogP contribution in [-0.4, -0.2) is 40.1 Å². The first kappa shape index (κ1) is 23.9. The van der Waals surface area contributed by atoms with Gasteiger partial charge in [-0.3, -0.25) is 25.2 Å². The summed E-state index contributed by atoms with van der Waals surface area (Å²) < 4.78 is 44.9. The van der Waals surface area contributed by atoms with Crippen LogP contribution in [0.25, 0.3) is 0 Å². The molecule has 11 heteroatoms. The minimum Gasteiger partial charge on any atom is -0.495 e. The highest BCUT2D eigenvalue weighted by Gasteiger charge is 2.28. The molecular formula is C24H23N3O7S. The van der Waals surface area contributed by atoms with Crippen molar-refractivity contribution in [3.8, 4) is 17.2 Å². The first-order chi connectivity index (χ1) is 16.8. The van der Waals surface area contributed by atoms with Crippen LogP contribution in [0.1, 0.15) is 15.9 Å². The molecule has 1 aliphatic rings. The molecule has 35 heavy (non-hydrogen) atoms. The number of rotatable bonds is 6. The van der Waals surface area contributed by atoms with E-state index in [1.165, 1.54) is 25.3 Å². The quantitative estimate of drug-likeness (QED) is 0.446. The van der Waals surface area contributed by atoms with E-state index in [9.17, 15) is 18.0 Å². The molecule has 0 fully saturated rings. The summed E-state index contributed by atoms with van der Waals surface area (Å²) in [7, 11) is -2.61. The van der Waals surface area contributed by atoms with E-state index in [2.05, 4.69) is 15.6 Å². The fraction of sp³-hybridized carbons (Fsp3) is 0.167. The van der Waals surface area contributed by atoms with E-state index in [4.69, 9.17) is 14.2 Å². The SMILES string of the molecule is COc1ccccc1NS(=O)(=O)c1cc(C(=O)NNC(=O)[C@H]2COc3ccccc3O2)ccc1C. The monoisotopic (exact) mass is 497 g/mol. The maximum absolute atomic E-state index is 13.0. The van der Waals surface area contributed by atoms with Gasteiger partial charge in [-0.25, -0.2) is 8.42 Å². The van der Waals surface area contributed by atoms with E-state index < -0.39 is 27.9 Å². The maximum atomic E-state index is 13.0. The molecule has 0 unspecified atom stereocenters. The smallest absolute Gasteiger partial charge is 0.283 e. The zero-order valence-electron chi connectivity index (χ0n) is 18.9. The van der Waals surface area contributed by atoms with Crippen LogP contribution in [-0.2, 0) is 14.8 Å². The van der Waals surface area contributed by atoms with Crippen LogP contribution >= 0.6 is 0 Å². The van der Waals surface area contributed by atoms with Gasteiger partial charge in [-0.05, 0) is 48.9 Å². The third kappa shape index (κ3) is 5.30. The number of fused-ring (bicyclic) bond motifs is 1. The lowest BCUT2D eigenvalue weighted by Crippen LogP contribution is -2.50. The van der Waals surface area contributed by atoms with Crippen molar-refractivity contribution in [3.63, 3.8) is 0 Å². The van der Waals surface area contributed by atoms with Gasteiger partial charge in [0.1, 0.15) is 12.4 Å². The Balaban J connectivity index is 1.44. The molecule has 3 aromatic rings. The third-order valence-corrected chi connectivity index (χ3v) is 6.70. The Morgan fingerprint density at radius 1 is 0.971 bits per heavy atom. The number of hydrogen-bond donors (Lipinski definition) is 3. The summed E-state index contributed by atoms with van der Waals surface area (Å²) in [4.78, 5) is 25.0. The van der Waals surface area contributed by atoms with Gasteiger partial charge < -0.3 is 14.2 Å². The number of para-hydroxylation sites is 4. The minimum atomic E-state index is -4.04. The van der Waals surface area contributed by atoms with Crippen LogP contribution < -0.4 is 29.8 Å². The Morgan fingerprint density at radius 2 is 1.69 bits per heavy atom. The molecular weight excluding hydrogens is 474 g/mol. The van der Waals surface area contributed by atoms with Crippen molar-refractivity contribution in [2.24, 2.45) is 0 Å². The van der Waals surface area contributed by atoms with Gasteiger partial charge in [-0.1, -0.05) is 30.3 Å². The highest BCUT2D eigenvalue weighted by molar-refractivity contribution is 7.92. The normalized spacial score (nSPS) is 14.5. The second kappa shape index (κ2) is 9.94. The number of hydrazine groups is 1. The largest absolute Gasteiger partial charge is 0.495 e. The highest BCUT2D eigenvalue weighted by Crippen LogP contribution is 2.31. The van der Waals surface area contributed by atoms with Crippen molar-refractivity contribution >= 4 is 27.5 Å². The number of carbonyl (C=O) groups excluding carboxylic acids is 2. The average molecular weight is 498 g/mol. The summed E-state index contributed by atoms with van der Waals surface area (Å²) in [5, 5.41) is 0. The van der Waals surface area contributed by atoms with Gasteiger partial charge in [0.05, 0.1) is 17.7 Å². The van der Waals surface area contributed by atoms with Gasteiger partial charge in [0.15, 0.2) is 11.5 Å². The van der Waals surface area contributed by atoms with Gasteiger partial charge in [0.25, 0.3) is 21.8 Å². The molecule has 0 aromatic heterocycles. The van der Waals surface area contributed by atoms with Gasteiger partial charge in [0.2, 0.25) is 6.10 Å². The van der Waals surface area contributed by atoms with E-state index in [1.54, 1.807) is 55.5 Å². The summed E-state index contributed by atoms with van der Waals surface area (Å²) in [6.45, 7) is 1.58. The number of nitrogens with one attached hydrogen (secondary N) is 3. The van der Waals surface area contributed by atoms with Crippen LogP contribution in [0.15, 0.2) is 71.6 Å². The molecule has 1 heterocycles. The van der Waals surface area contributed by atoms with Crippen molar-refractivity contribution < 1.29 is 32.2 Å². The first-order valence-corrected chi connectivity index (χ1v) is 12.0. The summed E-state index contributed by atoms with van der Waals surface area (Å²) >= 11 is 0. The standard InChI is InChI=1S/C24H23N3O7S/c1-15-11-12-16(13-22(15)35(30,31)27-17-7-3-4-8-18(17)32-2)23(28)25-26-24(29)21-14-33-19-9-5-6-10-20(19)34-21/h3-13,21,27H,14H2,1-2H3,(H,25,28)(H,26,29)/t21-/m1/s1. The van der Waals surface area contributed by atoms with Crippen molar-refractivity contribution in [2.75, 3.05) is 18.4 Å². The molecule has 0 spiro atoms. The first-order valence-electron chi connectivity index (χ1n) is 10.5. The fourth-order valence-corrected chi connectivity index (χ4v) is 4.72. The zero-order valence-corrected chi connectivity index (χ0v) is 19.7. The van der Waals surface area contributed by atoms with Crippen molar-refractivity contribution in [1.29, 1.82) is 0 Å². The lowest BCUT2D eigenvalue weighted by atomic mass is 10.1. The molecule has 1 atom stereocenters. The lowest BCUT2D eigenvalue weighted by Gasteiger charge is -2.25. The molecule has 2 amide bonds. The van der Waals surface area contributed by atoms with E-state index in [1.807, 2.05) is 0 Å². The molecule has 182 valence electrons. The van der Waals surface area contributed by atoms with Crippen LogP contribution in [0.2, 0.25) is 0 Å². The number of sulfonamides is 1. The van der Waals surface area contributed by atoms with Crippen molar-refractivity contribution in [1.82, 2.24) is 10.9 Å². The Hall–Kier alpha value is -4.25. The number of anilines is 1. The Morgan fingerprint density at radius 3 is 2.46 bits per heavy atom. The molecule has 0 saturated heterocycles. The summed E-state index contributed by atoms with van der Waals surface area (Å²) in [5.74, 6) is -0.0337. The maximum Gasteiger partial charge on any atom is 0.283 e. The number of benzene rings is 3. The molecule has 0 aliphatic carbocycles. The van der Waals surface area contributed by atoms with Gasteiger partial charge >= 0.3 is 0 Å². The van der Waals surface area contributed by atoms with Crippen LogP contribution in [0.5, 0.6) is 17.2 Å². The molecule has 10 nitrogen and oxygen atoms in total. The van der Waals surface area contributed by atoms with Crippen molar-refractivity contribution in [2.45, 2.75) is 17.9 Å². The van der Waals surface area contributed by atoms with E-state index >= 15 is 0 Å². The zero-order chi connectivity index (χ0) is 25.0. The van der Waals surface area contributed by atoms with Crippen LogP contribution in [0.3, 0.4) is 0 Å². The number of ether oxygens (including phenoxy) is 3. The molecule has 3 aromatic carbocycles. The van der Waals surface area contributed by atoms with Crippen LogP contribution in [0.4, 0.5) is 5.69 Å². The number of methoxy groups -OCH3 is 1. The summed E-state index contributed by atoms with van der Waals surface area (Å²) in [6, 6.07) is 17.7. The molecule has 0 saturated carbocycles. The number of aryl methyl sites for hydroxylation is 1. The van der Waals surface area contributed by atoms with Crippen LogP contribution in [0, 0.1) is 6.92 Å². The number of carbonyl (C=O) groups is 2. The lowest BCUT2D eigenvalue weighted by molar-refractivity contribution is -0.131. The predicted molar refractivity (Wildman–Crippen MR) is 127 cm³/mol. The predicted octanol–water partition coefficient (Wildman–Crippen LogP) is 2.41. The summed E-state index contributed by atoms with van der Waals surface area (Å²) in [5.41, 5.74) is 5.28. The topological polar surface area (TPSA) is 132 Å². The van der Waals surface area contributed by atoms with Gasteiger partial charge in [-0.2, -0.15) is 0 Å². The molecule has 4 rings (SSSR count). The van der Waals surface area contributed by atoms with Gasteiger partial charge in [-0.15, -0.1) is 0 Å². The molecule has 0 radical (unpaired) electrons. The molecule has 3 N–H and O–H groups in total. The Labute approximate surface area is 202 Å². The Kier molecular flexibility index (Phi) is 6.78. The molecule has 1 aliphatic heterocycles. The average Bonchev–Trinajstić information content (AvgIpc) is 2.87. The van der Waals surface area contributed by atoms with E-state index in [-0.39, 0.29) is 22.8 Å². The number of amides is 2.